The minimum atomic E-state index is -0.378. The van der Waals surface area contributed by atoms with Gasteiger partial charge in [-0.3, -0.25) is 4.79 Å². The number of amides is 1. The summed E-state index contributed by atoms with van der Waals surface area (Å²) in [6, 6.07) is 15.7. The largest absolute Gasteiger partial charge is 0.399 e. The molecule has 2 aromatic rings. The van der Waals surface area contributed by atoms with E-state index in [4.69, 9.17) is 11.5 Å². The fourth-order valence-electron chi connectivity index (χ4n) is 1.47. The molecule has 1 amide bonds. The van der Waals surface area contributed by atoms with Crippen molar-refractivity contribution in [2.75, 3.05) is 5.73 Å². The summed E-state index contributed by atoms with van der Waals surface area (Å²) in [7, 11) is 0. The molecule has 4 nitrogen and oxygen atoms in total. The van der Waals surface area contributed by atoms with Gasteiger partial charge in [0.1, 0.15) is 5.84 Å². The smallest absolute Gasteiger partial charge is 0.278 e. The Bertz CT molecular complexity index is 574. The van der Waals surface area contributed by atoms with E-state index in [9.17, 15) is 4.79 Å². The third-order valence-electron chi connectivity index (χ3n) is 2.45. The predicted octanol–water partition coefficient (Wildman–Crippen LogP) is 1.81. The molecule has 0 aliphatic heterocycles. The molecule has 0 saturated heterocycles. The zero-order valence-electron chi connectivity index (χ0n) is 9.71. The van der Waals surface area contributed by atoms with Crippen molar-refractivity contribution in [1.29, 1.82) is 0 Å². The van der Waals surface area contributed by atoms with Crippen molar-refractivity contribution >= 4 is 17.4 Å². The van der Waals surface area contributed by atoms with Gasteiger partial charge >= 0.3 is 0 Å². The normalized spacial score (nSPS) is 11.2. The first-order valence-corrected chi connectivity index (χ1v) is 5.46. The molecule has 0 aliphatic rings. The van der Waals surface area contributed by atoms with Gasteiger partial charge in [0.15, 0.2) is 0 Å². The van der Waals surface area contributed by atoms with Gasteiger partial charge in [0.25, 0.3) is 5.91 Å². The Balaban J connectivity index is 2.23. The van der Waals surface area contributed by atoms with Gasteiger partial charge in [-0.25, -0.2) is 0 Å². The number of carbonyl (C=O) groups excluding carboxylic acids is 1. The third kappa shape index (κ3) is 2.74. The van der Waals surface area contributed by atoms with Gasteiger partial charge in [-0.05, 0) is 24.3 Å². The van der Waals surface area contributed by atoms with Crippen LogP contribution in [0.4, 0.5) is 5.69 Å². The summed E-state index contributed by atoms with van der Waals surface area (Å²) in [4.78, 5) is 15.7. The second kappa shape index (κ2) is 5.14. The second-order valence-corrected chi connectivity index (χ2v) is 3.79. The lowest BCUT2D eigenvalue weighted by Crippen LogP contribution is -2.15. The summed E-state index contributed by atoms with van der Waals surface area (Å²) < 4.78 is 0. The number of anilines is 1. The molecule has 2 rings (SSSR count). The lowest BCUT2D eigenvalue weighted by atomic mass is 10.2. The van der Waals surface area contributed by atoms with Gasteiger partial charge in [0.05, 0.1) is 0 Å². The number of carbonyl (C=O) groups is 1. The first-order valence-electron chi connectivity index (χ1n) is 5.46. The fraction of sp³-hybridized carbons (Fsp3) is 0. The average molecular weight is 239 g/mol. The Hall–Kier alpha value is -2.62. The molecule has 0 atom stereocenters. The lowest BCUT2D eigenvalue weighted by Gasteiger charge is -2.00. The Kier molecular flexibility index (Phi) is 3.38. The van der Waals surface area contributed by atoms with Crippen LogP contribution in [0.1, 0.15) is 15.9 Å². The van der Waals surface area contributed by atoms with Gasteiger partial charge in [0, 0.05) is 16.8 Å². The van der Waals surface area contributed by atoms with Crippen LogP contribution in [0, 0.1) is 0 Å². The molecule has 18 heavy (non-hydrogen) atoms. The van der Waals surface area contributed by atoms with Crippen LogP contribution in [-0.2, 0) is 0 Å². The molecular formula is C14H13N3O. The van der Waals surface area contributed by atoms with E-state index < -0.39 is 0 Å². The van der Waals surface area contributed by atoms with Crippen molar-refractivity contribution in [2.45, 2.75) is 0 Å². The summed E-state index contributed by atoms with van der Waals surface area (Å²) in [5.74, 6) is -0.172. The molecule has 0 saturated carbocycles. The summed E-state index contributed by atoms with van der Waals surface area (Å²) in [5, 5.41) is 0. The molecule has 0 radical (unpaired) electrons. The third-order valence-corrected chi connectivity index (χ3v) is 2.45. The minimum Gasteiger partial charge on any atom is -0.399 e. The highest BCUT2D eigenvalue weighted by Crippen LogP contribution is 2.07. The van der Waals surface area contributed by atoms with Crippen molar-refractivity contribution in [3.05, 3.63) is 65.7 Å². The number of rotatable bonds is 2. The molecule has 0 bridgehead atoms. The van der Waals surface area contributed by atoms with Crippen molar-refractivity contribution in [3.8, 4) is 0 Å². The maximum Gasteiger partial charge on any atom is 0.278 e. The molecule has 2 aromatic carbocycles. The number of aliphatic imine (C=N–C) groups is 1. The van der Waals surface area contributed by atoms with Gasteiger partial charge in [-0.2, -0.15) is 4.99 Å². The first kappa shape index (κ1) is 11.9. The highest BCUT2D eigenvalue weighted by Gasteiger charge is 2.05. The fourth-order valence-corrected chi connectivity index (χ4v) is 1.47. The number of nitrogens with two attached hydrogens (primary N) is 2. The number of hydrogen-bond donors (Lipinski definition) is 2. The number of benzene rings is 2. The zero-order valence-corrected chi connectivity index (χ0v) is 9.71. The maximum absolute atomic E-state index is 11.8. The lowest BCUT2D eigenvalue weighted by molar-refractivity contribution is 0.100. The number of nitrogen functional groups attached to an aromatic ring is 1. The highest BCUT2D eigenvalue weighted by atomic mass is 16.1. The number of amidine groups is 1. The van der Waals surface area contributed by atoms with Gasteiger partial charge in [0.2, 0.25) is 0 Å². The van der Waals surface area contributed by atoms with Crippen LogP contribution in [-0.4, -0.2) is 11.7 Å². The highest BCUT2D eigenvalue weighted by molar-refractivity contribution is 6.08. The second-order valence-electron chi connectivity index (χ2n) is 3.79. The molecule has 0 aromatic heterocycles. The minimum absolute atomic E-state index is 0.206. The van der Waals surface area contributed by atoms with E-state index >= 15 is 0 Å². The number of hydrogen-bond acceptors (Lipinski definition) is 2. The molecule has 0 spiro atoms. The van der Waals surface area contributed by atoms with E-state index in [1.165, 1.54) is 0 Å². The molecule has 90 valence electrons. The standard InChI is InChI=1S/C14H13N3O/c15-12-8-6-11(7-9-12)14(18)17-13(16)10-4-2-1-3-5-10/h1-9H,15H2,(H2,16,17,18). The van der Waals surface area contributed by atoms with Crippen LogP contribution < -0.4 is 11.5 Å². The Labute approximate surface area is 105 Å². The summed E-state index contributed by atoms with van der Waals surface area (Å²) >= 11 is 0. The average Bonchev–Trinajstić information content (AvgIpc) is 2.40. The van der Waals surface area contributed by atoms with E-state index in [0.29, 0.717) is 11.3 Å². The molecular weight excluding hydrogens is 226 g/mol. The van der Waals surface area contributed by atoms with Crippen LogP contribution in [0.3, 0.4) is 0 Å². The topological polar surface area (TPSA) is 81.5 Å². The van der Waals surface area contributed by atoms with Crippen molar-refractivity contribution < 1.29 is 4.79 Å². The van der Waals surface area contributed by atoms with E-state index in [0.717, 1.165) is 5.56 Å². The SMILES string of the molecule is NC(=NC(=O)c1ccc(N)cc1)c1ccccc1. The van der Waals surface area contributed by atoms with E-state index in [2.05, 4.69) is 4.99 Å². The Morgan fingerprint density at radius 2 is 1.50 bits per heavy atom. The van der Waals surface area contributed by atoms with Crippen molar-refractivity contribution in [3.63, 3.8) is 0 Å². The van der Waals surface area contributed by atoms with Gasteiger partial charge < -0.3 is 11.5 Å². The molecule has 4 heteroatoms. The van der Waals surface area contributed by atoms with Gasteiger partial charge in [-0.1, -0.05) is 30.3 Å². The monoisotopic (exact) mass is 239 g/mol. The number of nitrogens with zero attached hydrogens (tertiary/aromatic N) is 1. The van der Waals surface area contributed by atoms with E-state index in [-0.39, 0.29) is 11.7 Å². The van der Waals surface area contributed by atoms with E-state index in [1.54, 1.807) is 36.4 Å². The summed E-state index contributed by atoms with van der Waals surface area (Å²) in [6.45, 7) is 0. The molecule has 0 unspecified atom stereocenters. The maximum atomic E-state index is 11.8. The first-order chi connectivity index (χ1) is 8.66. The van der Waals surface area contributed by atoms with Crippen LogP contribution in [0.2, 0.25) is 0 Å². The van der Waals surface area contributed by atoms with Gasteiger partial charge in [-0.15, -0.1) is 0 Å². The van der Waals surface area contributed by atoms with Crippen LogP contribution in [0.5, 0.6) is 0 Å². The van der Waals surface area contributed by atoms with Crippen molar-refractivity contribution in [2.24, 2.45) is 10.7 Å². The molecule has 0 fully saturated rings. The summed E-state index contributed by atoms with van der Waals surface area (Å²) in [6.07, 6.45) is 0. The van der Waals surface area contributed by atoms with Crippen LogP contribution in [0.25, 0.3) is 0 Å². The summed E-state index contributed by atoms with van der Waals surface area (Å²) in [5.41, 5.74) is 13.1. The van der Waals surface area contributed by atoms with Crippen LogP contribution in [0.15, 0.2) is 59.6 Å². The Morgan fingerprint density at radius 3 is 2.11 bits per heavy atom. The molecule has 4 N–H and O–H groups in total. The van der Waals surface area contributed by atoms with Crippen LogP contribution >= 0.6 is 0 Å². The molecule has 0 heterocycles. The van der Waals surface area contributed by atoms with E-state index in [1.807, 2.05) is 18.2 Å². The van der Waals surface area contributed by atoms with Crippen molar-refractivity contribution in [1.82, 2.24) is 0 Å². The Morgan fingerprint density at radius 1 is 0.889 bits per heavy atom. The predicted molar refractivity (Wildman–Crippen MR) is 72.4 cm³/mol. The zero-order chi connectivity index (χ0) is 13.0. The molecule has 0 aliphatic carbocycles. The quantitative estimate of drug-likeness (QED) is 0.476.